The molecule has 104 valence electrons. The lowest BCUT2D eigenvalue weighted by Gasteiger charge is -2.25. The highest BCUT2D eigenvalue weighted by Crippen LogP contribution is 2.45. The number of benzene rings is 4. The molecule has 0 heterocycles. The zero-order chi connectivity index (χ0) is 14.3. The van der Waals surface area contributed by atoms with Crippen LogP contribution in [0.3, 0.4) is 0 Å². The van der Waals surface area contributed by atoms with Crippen LogP contribution in [0.1, 0.15) is 28.7 Å². The van der Waals surface area contributed by atoms with Crippen LogP contribution in [0, 0.1) is 0 Å². The fourth-order valence-corrected chi connectivity index (χ4v) is 4.88. The molecule has 4 aromatic carbocycles. The minimum absolute atomic E-state index is 1.08. The van der Waals surface area contributed by atoms with E-state index in [1.807, 2.05) is 0 Å². The van der Waals surface area contributed by atoms with Crippen molar-refractivity contribution in [2.45, 2.75) is 25.7 Å². The lowest BCUT2D eigenvalue weighted by atomic mass is 9.78. The lowest BCUT2D eigenvalue weighted by Crippen LogP contribution is -2.06. The van der Waals surface area contributed by atoms with E-state index in [4.69, 9.17) is 0 Å². The molecule has 0 amide bonds. The van der Waals surface area contributed by atoms with Crippen LogP contribution >= 0.6 is 0 Å². The molecule has 0 atom stereocenters. The second kappa shape index (κ2) is 3.70. The van der Waals surface area contributed by atoms with Crippen molar-refractivity contribution in [3.05, 3.63) is 70.8 Å². The summed E-state index contributed by atoms with van der Waals surface area (Å²) in [6, 6.07) is 18.6. The Kier molecular flexibility index (Phi) is 1.89. The molecule has 2 aliphatic rings. The molecule has 0 heteroatoms. The maximum absolute atomic E-state index is 2.46. The van der Waals surface area contributed by atoms with Gasteiger partial charge in [0.05, 0.1) is 0 Å². The molecule has 22 heavy (non-hydrogen) atoms. The van der Waals surface area contributed by atoms with Crippen molar-refractivity contribution in [1.82, 2.24) is 0 Å². The average Bonchev–Trinajstić information content (AvgIpc) is 2.55. The summed E-state index contributed by atoms with van der Waals surface area (Å²) in [5.41, 5.74) is 6.15. The molecule has 0 spiro atoms. The molecule has 0 unspecified atom stereocenters. The van der Waals surface area contributed by atoms with Gasteiger partial charge in [0.15, 0.2) is 0 Å². The van der Waals surface area contributed by atoms with Gasteiger partial charge >= 0.3 is 0 Å². The summed E-state index contributed by atoms with van der Waals surface area (Å²) in [7, 11) is 0. The van der Waals surface area contributed by atoms with Gasteiger partial charge in [0, 0.05) is 0 Å². The van der Waals surface area contributed by atoms with E-state index >= 15 is 0 Å². The molecule has 0 saturated heterocycles. The average molecular weight is 280 g/mol. The Bertz CT molecular complexity index is 1030. The van der Waals surface area contributed by atoms with Crippen LogP contribution < -0.4 is 0 Å². The predicted octanol–water partition coefficient (Wildman–Crippen LogP) is 5.54. The molecule has 2 aliphatic carbocycles. The summed E-state index contributed by atoms with van der Waals surface area (Å²) in [5.74, 6) is 0. The summed E-state index contributed by atoms with van der Waals surface area (Å²) < 4.78 is 0. The summed E-state index contributed by atoms with van der Waals surface area (Å²) in [4.78, 5) is 0. The number of hydrogen-bond acceptors (Lipinski definition) is 0. The summed E-state index contributed by atoms with van der Waals surface area (Å²) >= 11 is 0. The SMILES string of the molecule is c1cc2c3c(c1)cc1c4c(cc5cccc(c5c43)C2)CCC1. The molecule has 0 aromatic heterocycles. The summed E-state index contributed by atoms with van der Waals surface area (Å²) in [6.07, 6.45) is 4.84. The molecular weight excluding hydrogens is 264 g/mol. The maximum Gasteiger partial charge on any atom is -0.00130 e. The third kappa shape index (κ3) is 1.21. The van der Waals surface area contributed by atoms with Crippen LogP contribution in [0.15, 0.2) is 48.5 Å². The zero-order valence-corrected chi connectivity index (χ0v) is 12.4. The van der Waals surface area contributed by atoms with Gasteiger partial charge in [0.25, 0.3) is 0 Å². The number of hydrogen-bond donors (Lipinski definition) is 0. The Hall–Kier alpha value is -2.34. The Labute approximate surface area is 129 Å². The van der Waals surface area contributed by atoms with E-state index in [1.54, 1.807) is 21.9 Å². The van der Waals surface area contributed by atoms with E-state index in [0.717, 1.165) is 6.42 Å². The van der Waals surface area contributed by atoms with Crippen LogP contribution in [0.5, 0.6) is 0 Å². The van der Waals surface area contributed by atoms with E-state index in [9.17, 15) is 0 Å². The van der Waals surface area contributed by atoms with Crippen molar-refractivity contribution in [1.29, 1.82) is 0 Å². The second-order valence-corrected chi connectivity index (χ2v) is 6.88. The Morgan fingerprint density at radius 2 is 1.14 bits per heavy atom. The normalized spacial score (nSPS) is 15.5. The maximum atomic E-state index is 2.46. The van der Waals surface area contributed by atoms with E-state index in [0.29, 0.717) is 0 Å². The smallest absolute Gasteiger partial charge is 0.00130 e. The van der Waals surface area contributed by atoms with Gasteiger partial charge in [-0.25, -0.2) is 0 Å². The zero-order valence-electron chi connectivity index (χ0n) is 12.4. The molecular formula is C22H16. The third-order valence-corrected chi connectivity index (χ3v) is 5.69. The van der Waals surface area contributed by atoms with Gasteiger partial charge in [-0.1, -0.05) is 48.5 Å². The van der Waals surface area contributed by atoms with Crippen molar-refractivity contribution >= 4 is 32.3 Å². The van der Waals surface area contributed by atoms with Crippen LogP contribution in [0.4, 0.5) is 0 Å². The highest BCUT2D eigenvalue weighted by Gasteiger charge is 2.22. The molecule has 0 aliphatic heterocycles. The molecule has 0 N–H and O–H groups in total. The standard InChI is InChI=1S/C22H16/c1-4-13-10-15-6-2-8-17-12-18-9-3-7-16-11-14(5-1)19(13)22(20(15)17)21(16)18/h1-2,4-6,8,11-12H,3,7,9-10H2. The Morgan fingerprint density at radius 1 is 0.545 bits per heavy atom. The van der Waals surface area contributed by atoms with Gasteiger partial charge in [-0.15, -0.1) is 0 Å². The third-order valence-electron chi connectivity index (χ3n) is 5.69. The molecule has 0 saturated carbocycles. The predicted molar refractivity (Wildman–Crippen MR) is 93.8 cm³/mol. The first-order valence-electron chi connectivity index (χ1n) is 8.31. The first kappa shape index (κ1) is 11.3. The monoisotopic (exact) mass is 280 g/mol. The molecule has 4 aromatic rings. The van der Waals surface area contributed by atoms with Gasteiger partial charge in [0.2, 0.25) is 0 Å². The fraction of sp³-hybridized carbons (Fsp3) is 0.182. The van der Waals surface area contributed by atoms with E-state index in [2.05, 4.69) is 48.5 Å². The van der Waals surface area contributed by atoms with Gasteiger partial charge in [-0.3, -0.25) is 0 Å². The Balaban J connectivity index is 2.07. The van der Waals surface area contributed by atoms with E-state index in [-0.39, 0.29) is 0 Å². The van der Waals surface area contributed by atoms with Gasteiger partial charge in [-0.2, -0.15) is 0 Å². The van der Waals surface area contributed by atoms with E-state index in [1.165, 1.54) is 51.9 Å². The molecule has 0 nitrogen and oxygen atoms in total. The lowest BCUT2D eigenvalue weighted by molar-refractivity contribution is 0.810. The molecule has 0 bridgehead atoms. The Morgan fingerprint density at radius 3 is 1.73 bits per heavy atom. The van der Waals surface area contributed by atoms with Crippen molar-refractivity contribution in [2.75, 3.05) is 0 Å². The molecule has 0 fully saturated rings. The molecule has 0 radical (unpaired) electrons. The fourth-order valence-electron chi connectivity index (χ4n) is 4.88. The van der Waals surface area contributed by atoms with Gasteiger partial charge in [0.1, 0.15) is 0 Å². The van der Waals surface area contributed by atoms with Crippen molar-refractivity contribution in [3.63, 3.8) is 0 Å². The minimum atomic E-state index is 1.08. The second-order valence-electron chi connectivity index (χ2n) is 6.88. The number of rotatable bonds is 0. The summed E-state index contributed by atoms with van der Waals surface area (Å²) in [6.45, 7) is 0. The van der Waals surface area contributed by atoms with Crippen LogP contribution in [0.25, 0.3) is 32.3 Å². The number of aryl methyl sites for hydroxylation is 2. The topological polar surface area (TPSA) is 0 Å². The van der Waals surface area contributed by atoms with Crippen LogP contribution in [-0.2, 0) is 19.3 Å². The largest absolute Gasteiger partial charge is 0.0613 e. The van der Waals surface area contributed by atoms with Gasteiger partial charge in [-0.05, 0) is 80.3 Å². The first-order valence-corrected chi connectivity index (χ1v) is 8.31. The quantitative estimate of drug-likeness (QED) is 0.327. The first-order chi connectivity index (χ1) is 10.9. The van der Waals surface area contributed by atoms with Crippen molar-refractivity contribution in [3.8, 4) is 0 Å². The van der Waals surface area contributed by atoms with Crippen molar-refractivity contribution in [2.24, 2.45) is 0 Å². The van der Waals surface area contributed by atoms with Gasteiger partial charge < -0.3 is 0 Å². The van der Waals surface area contributed by atoms with E-state index < -0.39 is 0 Å². The highest BCUT2D eigenvalue weighted by atomic mass is 14.3. The van der Waals surface area contributed by atoms with Crippen LogP contribution in [0.2, 0.25) is 0 Å². The van der Waals surface area contributed by atoms with Crippen LogP contribution in [-0.4, -0.2) is 0 Å². The minimum Gasteiger partial charge on any atom is -0.0613 e. The highest BCUT2D eigenvalue weighted by molar-refractivity contribution is 6.25. The summed E-state index contributed by atoms with van der Waals surface area (Å²) in [5, 5.41) is 9.05. The van der Waals surface area contributed by atoms with Crippen molar-refractivity contribution < 1.29 is 0 Å². The molecule has 6 rings (SSSR count).